The van der Waals surface area contributed by atoms with Crippen LogP contribution in [-0.2, 0) is 0 Å². The molecule has 0 saturated carbocycles. The third-order valence-electron chi connectivity index (χ3n) is 0. The van der Waals surface area contributed by atoms with E-state index >= 15 is 0 Å². The number of hydrogen-bond acceptors (Lipinski definition) is 0. The topological polar surface area (TPSA) is 0 Å². The molecule has 0 heterocycles. The minimum absolute atomic E-state index is 0. The van der Waals surface area contributed by atoms with Gasteiger partial charge in [-0.1, -0.05) is 0 Å². The van der Waals surface area contributed by atoms with Gasteiger partial charge in [-0.2, -0.15) is 0 Å². The van der Waals surface area contributed by atoms with Crippen LogP contribution in [0.3, 0.4) is 0 Å². The summed E-state index contributed by atoms with van der Waals surface area (Å²) in [5.74, 6) is 0. The fourth-order valence-corrected chi connectivity index (χ4v) is 0. The van der Waals surface area contributed by atoms with Gasteiger partial charge >= 0.3 is 77.1 Å². The van der Waals surface area contributed by atoms with Gasteiger partial charge in [0, 0.05) is 8.41 Å². The summed E-state index contributed by atoms with van der Waals surface area (Å²) in [5, 5.41) is 0. The van der Waals surface area contributed by atoms with Gasteiger partial charge in [0.2, 0.25) is 0 Å². The monoisotopic (exact) mass is 281 g/mol. The van der Waals surface area contributed by atoms with Crippen molar-refractivity contribution in [3.8, 4) is 0 Å². The molecule has 0 aromatic heterocycles. The van der Waals surface area contributed by atoms with Gasteiger partial charge in [-0.3, -0.25) is 0 Å². The maximum Gasteiger partial charge on any atom is 1.00 e. The number of halogens is 3. The van der Waals surface area contributed by atoms with Crippen LogP contribution in [0, 0.1) is 30.7 Å². The van der Waals surface area contributed by atoms with Crippen molar-refractivity contribution in [2.75, 3.05) is 0 Å². The predicted octanol–water partition coefficient (Wildman–Crippen LogP) is -1.46. The summed E-state index contributed by atoms with van der Waals surface area (Å²) in [4.78, 5) is 0. The van der Waals surface area contributed by atoms with Crippen LogP contribution in [0.5, 0.6) is 0 Å². The average molecular weight is 282 g/mol. The van der Waals surface area contributed by atoms with Gasteiger partial charge in [0.25, 0.3) is 0 Å². The van der Waals surface area contributed by atoms with Crippen LogP contribution in [0.1, 0.15) is 1.43 Å². The molecule has 6 heteroatoms. The minimum atomic E-state index is -2.31. The van der Waals surface area contributed by atoms with Gasteiger partial charge in [0.1, 0.15) is 0 Å². The van der Waals surface area contributed by atoms with Gasteiger partial charge in [-0.05, 0) is 0 Å². The maximum atomic E-state index is 5.03. The molecule has 0 bridgehead atoms. The van der Waals surface area contributed by atoms with Gasteiger partial charge in [-0.25, -0.2) is 0 Å². The number of rotatable bonds is 0. The van der Waals surface area contributed by atoms with Crippen LogP contribution in [0.15, 0.2) is 0 Å². The Morgan fingerprint density at radius 3 is 1.17 bits per heavy atom. The van der Waals surface area contributed by atoms with E-state index in [-0.39, 0.29) is 39.4 Å². The summed E-state index contributed by atoms with van der Waals surface area (Å²) in [5.41, 5.74) is 15.1. The fourth-order valence-electron chi connectivity index (χ4n) is 0. The molecule has 0 aliphatic rings. The smallest absolute Gasteiger partial charge is 1.00 e. The van der Waals surface area contributed by atoms with Gasteiger partial charge < -0.3 is 1.43 Å². The summed E-state index contributed by atoms with van der Waals surface area (Å²) in [7, 11) is 0. The van der Waals surface area contributed by atoms with Gasteiger partial charge in [0.05, 0.1) is 0 Å². The Bertz CT molecular complexity index is 19.7. The van der Waals surface area contributed by atoms with Crippen LogP contribution in [0.4, 0.5) is 0 Å². The van der Waals surface area contributed by atoms with E-state index in [2.05, 4.69) is 0 Å². The predicted molar refractivity (Wildman–Crippen MR) is 25.8 cm³/mol. The van der Waals surface area contributed by atoms with Crippen LogP contribution < -0.4 is 29.6 Å². The zero-order chi connectivity index (χ0) is 3.58. The molecular formula is H2BCeCl3Na. The zero-order valence-corrected chi connectivity index (χ0v) is 11.2. The first-order valence-electron chi connectivity index (χ1n) is 0.655. The second kappa shape index (κ2) is 11.2. The Kier molecular flexibility index (Phi) is 30.0. The quantitative estimate of drug-likeness (QED) is 0.476. The molecule has 0 spiro atoms. The van der Waals surface area contributed by atoms with E-state index in [9.17, 15) is 0 Å². The standard InChI is InChI=1S/B.Ce.3ClH.Na.2H/h;;3*1H;;;/q;+3;;;;+1;;-1/p-3. The van der Waals surface area contributed by atoms with Crippen LogP contribution in [-0.4, -0.2) is 8.41 Å². The van der Waals surface area contributed by atoms with E-state index in [4.69, 9.17) is 16.9 Å². The Hall–Kier alpha value is 3.31. The summed E-state index contributed by atoms with van der Waals surface area (Å²) in [6.07, 6.45) is 0. The van der Waals surface area contributed by atoms with E-state index < -0.39 is 30.7 Å². The maximum absolute atomic E-state index is 5.03. The Balaban J connectivity index is -0.0000000150. The van der Waals surface area contributed by atoms with E-state index in [1.165, 1.54) is 0 Å². The van der Waals surface area contributed by atoms with E-state index in [1.54, 1.807) is 0 Å². The molecule has 0 unspecified atom stereocenters. The molecule has 0 amide bonds. The Morgan fingerprint density at radius 1 is 1.17 bits per heavy atom. The van der Waals surface area contributed by atoms with Gasteiger partial charge in [-0.15, -0.1) is 0 Å². The molecule has 0 aliphatic carbocycles. The minimum Gasteiger partial charge on any atom is -1.00 e. The molecule has 0 fully saturated rings. The van der Waals surface area contributed by atoms with Crippen molar-refractivity contribution in [1.29, 1.82) is 0 Å². The molecule has 0 saturated heterocycles. The normalized spacial score (nSPS) is 6.00. The zero-order valence-electron chi connectivity index (χ0n) is 4.29. The van der Waals surface area contributed by atoms with Crippen LogP contribution in [0.2, 0.25) is 0 Å². The van der Waals surface area contributed by atoms with Crippen molar-refractivity contribution in [2.45, 2.75) is 0 Å². The van der Waals surface area contributed by atoms with E-state index in [0.717, 1.165) is 0 Å². The van der Waals surface area contributed by atoms with E-state index in [1.807, 2.05) is 0 Å². The molecule has 0 atom stereocenters. The van der Waals surface area contributed by atoms with Crippen molar-refractivity contribution in [2.24, 2.45) is 0 Å². The van der Waals surface area contributed by atoms with Crippen molar-refractivity contribution in [3.63, 3.8) is 0 Å². The summed E-state index contributed by atoms with van der Waals surface area (Å²) in [6, 6.07) is 0. The first-order valence-corrected chi connectivity index (χ1v) is 14.3. The molecule has 31 valence electrons. The summed E-state index contributed by atoms with van der Waals surface area (Å²) in [6.45, 7) is 0. The van der Waals surface area contributed by atoms with Gasteiger partial charge in [0.15, 0.2) is 0 Å². The first kappa shape index (κ1) is 16.1. The molecular weight excluding hydrogens is 280 g/mol. The Labute approximate surface area is 84.5 Å². The summed E-state index contributed by atoms with van der Waals surface area (Å²) >= 11 is -2.31. The van der Waals surface area contributed by atoms with E-state index in [0.29, 0.717) is 0 Å². The molecule has 0 aliphatic heterocycles. The molecule has 0 nitrogen and oxygen atoms in total. The van der Waals surface area contributed by atoms with Crippen molar-refractivity contribution >= 4 is 25.3 Å². The Morgan fingerprint density at radius 2 is 1.17 bits per heavy atom. The average Bonchev–Trinajstić information content (AvgIpc) is 0.811. The van der Waals surface area contributed by atoms with Crippen molar-refractivity contribution in [1.82, 2.24) is 0 Å². The second-order valence-electron chi connectivity index (χ2n) is 0.247. The second-order valence-corrected chi connectivity index (χ2v) is 16.2. The van der Waals surface area contributed by atoms with Crippen LogP contribution in [0.25, 0.3) is 0 Å². The van der Waals surface area contributed by atoms with Crippen molar-refractivity contribution < 1.29 is 61.7 Å². The molecule has 0 aromatic rings. The largest absolute Gasteiger partial charge is 1.00 e. The first-order chi connectivity index (χ1) is 1.73. The fraction of sp³-hybridized carbons (Fsp3) is 0. The number of hydrogen-bond donors (Lipinski definition) is 0. The molecule has 6 heavy (non-hydrogen) atoms. The third-order valence-corrected chi connectivity index (χ3v) is 0. The molecule has 0 aromatic carbocycles. The van der Waals surface area contributed by atoms with Crippen LogP contribution >= 0.6 is 16.9 Å². The molecule has 3 radical (unpaired) electrons. The third kappa shape index (κ3) is 26.6. The molecule has 0 rings (SSSR count). The van der Waals surface area contributed by atoms with Crippen molar-refractivity contribution in [3.05, 3.63) is 0 Å². The SMILES string of the molecule is [B].[Cl][CeH]([Cl])[Cl].[H-].[Na+]. The molecule has 0 N–H and O–H groups in total. The summed E-state index contributed by atoms with van der Waals surface area (Å²) < 4.78 is 0.